The molecule has 4 rings (SSSR count). The molecule has 5 nitrogen and oxygen atoms in total. The van der Waals surface area contributed by atoms with E-state index in [1.807, 2.05) is 13.0 Å². The van der Waals surface area contributed by atoms with E-state index in [2.05, 4.69) is 6.92 Å². The minimum Gasteiger partial charge on any atom is -0.460 e. The van der Waals surface area contributed by atoms with Gasteiger partial charge in [0.15, 0.2) is 5.78 Å². The van der Waals surface area contributed by atoms with Crippen molar-refractivity contribution in [2.45, 2.75) is 71.2 Å². The Morgan fingerprint density at radius 1 is 1.19 bits per heavy atom. The number of carbonyl (C=O) groups excluding carboxylic acids is 3. The number of fused-ring (bicyclic) bond motifs is 5. The first-order valence-corrected chi connectivity index (χ1v) is 11.2. The summed E-state index contributed by atoms with van der Waals surface area (Å²) in [5.74, 6) is -1.97. The molecule has 176 valence electrons. The summed E-state index contributed by atoms with van der Waals surface area (Å²) in [6.07, 6.45) is 3.04. The lowest BCUT2D eigenvalue weighted by Gasteiger charge is -2.57. The van der Waals surface area contributed by atoms with Crippen LogP contribution in [-0.2, 0) is 19.1 Å². The van der Waals surface area contributed by atoms with Gasteiger partial charge in [-0.3, -0.25) is 14.4 Å². The van der Waals surface area contributed by atoms with E-state index < -0.39 is 35.6 Å². The van der Waals surface area contributed by atoms with Crippen molar-refractivity contribution in [2.24, 2.45) is 28.6 Å². The molecule has 3 saturated carbocycles. The summed E-state index contributed by atoms with van der Waals surface area (Å²) in [7, 11) is 1.18. The number of halogens is 3. The molecular weight excluding hydrogens is 423 g/mol. The lowest BCUT2D eigenvalue weighted by Crippen LogP contribution is -2.57. The summed E-state index contributed by atoms with van der Waals surface area (Å²) in [4.78, 5) is 36.7. The molecule has 0 N–H and O–H groups in total. The molecule has 0 aromatic carbocycles. The van der Waals surface area contributed by atoms with Crippen molar-refractivity contribution in [3.63, 3.8) is 0 Å². The number of ketones is 1. The Morgan fingerprint density at radius 3 is 2.50 bits per heavy atom. The Hall–Kier alpha value is -2.12. The number of esters is 1. The van der Waals surface area contributed by atoms with E-state index >= 15 is 0 Å². The molecule has 0 aliphatic heterocycles. The smallest absolute Gasteiger partial charge is 0.460 e. The molecule has 4 aliphatic carbocycles. The van der Waals surface area contributed by atoms with Crippen molar-refractivity contribution in [3.8, 4) is 0 Å². The lowest BCUT2D eigenvalue weighted by molar-refractivity contribution is -0.192. The maximum atomic E-state index is 13.3. The van der Waals surface area contributed by atoms with Gasteiger partial charge < -0.3 is 9.64 Å². The average molecular weight is 454 g/mol. The van der Waals surface area contributed by atoms with Gasteiger partial charge in [-0.05, 0) is 67.4 Å². The van der Waals surface area contributed by atoms with Gasteiger partial charge in [0.05, 0.1) is 6.04 Å². The number of nitrogens with zero attached hydrogens (tertiary/aromatic N) is 1. The summed E-state index contributed by atoms with van der Waals surface area (Å²) in [6.45, 7) is 5.35. The van der Waals surface area contributed by atoms with Gasteiger partial charge in [-0.15, -0.1) is 0 Å². The third-order valence-corrected chi connectivity index (χ3v) is 8.81. The fraction of sp³-hybridized carbons (Fsp3) is 0.708. The molecule has 0 unspecified atom stereocenters. The van der Waals surface area contributed by atoms with E-state index in [9.17, 15) is 27.6 Å². The fourth-order valence-electron chi connectivity index (χ4n) is 7.50. The van der Waals surface area contributed by atoms with Crippen molar-refractivity contribution >= 4 is 17.7 Å². The molecule has 7 atom stereocenters. The van der Waals surface area contributed by atoms with Crippen LogP contribution in [0.1, 0.15) is 52.9 Å². The summed E-state index contributed by atoms with van der Waals surface area (Å²) in [5.41, 5.74) is 0.286. The van der Waals surface area contributed by atoms with E-state index in [1.54, 1.807) is 12.2 Å². The molecule has 32 heavy (non-hydrogen) atoms. The number of hydrogen-bond donors (Lipinski definition) is 0. The van der Waals surface area contributed by atoms with Crippen LogP contribution in [0, 0.1) is 28.6 Å². The van der Waals surface area contributed by atoms with Crippen molar-refractivity contribution < 1.29 is 32.3 Å². The number of allylic oxidation sites excluding steroid dienone is 4. The van der Waals surface area contributed by atoms with Crippen molar-refractivity contribution in [1.29, 1.82) is 0 Å². The summed E-state index contributed by atoms with van der Waals surface area (Å²) < 4.78 is 45.4. The number of carbonyl (C=O) groups is 3. The second-order valence-electron chi connectivity index (χ2n) is 10.4. The predicted molar refractivity (Wildman–Crippen MR) is 110 cm³/mol. The van der Waals surface area contributed by atoms with Gasteiger partial charge in [-0.1, -0.05) is 25.5 Å². The highest BCUT2D eigenvalue weighted by atomic mass is 19.4. The van der Waals surface area contributed by atoms with Crippen LogP contribution in [-0.4, -0.2) is 47.9 Å². The number of likely N-dealkylation sites (N-methyl/N-ethyl adjacent to an activating group) is 1. The van der Waals surface area contributed by atoms with Crippen LogP contribution in [0.15, 0.2) is 23.8 Å². The second-order valence-corrected chi connectivity index (χ2v) is 10.4. The molecule has 0 saturated heterocycles. The van der Waals surface area contributed by atoms with Crippen LogP contribution in [0.4, 0.5) is 13.2 Å². The Balaban J connectivity index is 1.70. The van der Waals surface area contributed by atoms with Crippen LogP contribution in [0.5, 0.6) is 0 Å². The fourth-order valence-corrected chi connectivity index (χ4v) is 7.50. The Morgan fingerprint density at radius 2 is 1.88 bits per heavy atom. The van der Waals surface area contributed by atoms with Crippen LogP contribution in [0.25, 0.3) is 0 Å². The quantitative estimate of drug-likeness (QED) is 0.587. The molecule has 0 radical (unpaired) electrons. The van der Waals surface area contributed by atoms with E-state index in [0.29, 0.717) is 12.8 Å². The molecule has 3 fully saturated rings. The predicted octanol–water partition coefficient (Wildman–Crippen LogP) is 4.23. The first kappa shape index (κ1) is 23.1. The third kappa shape index (κ3) is 3.41. The van der Waals surface area contributed by atoms with Gasteiger partial charge in [0.2, 0.25) is 0 Å². The first-order valence-electron chi connectivity index (χ1n) is 11.2. The number of amides is 1. The lowest BCUT2D eigenvalue weighted by atomic mass is 9.48. The second kappa shape index (κ2) is 7.45. The van der Waals surface area contributed by atoms with Crippen LogP contribution >= 0.6 is 0 Å². The van der Waals surface area contributed by atoms with Crippen molar-refractivity contribution in [3.05, 3.63) is 23.8 Å². The number of ether oxygens (including phenoxy) is 1. The molecule has 1 amide bonds. The zero-order chi connectivity index (χ0) is 23.6. The minimum atomic E-state index is -4.99. The molecule has 0 aromatic heterocycles. The van der Waals surface area contributed by atoms with Gasteiger partial charge in [0.25, 0.3) is 0 Å². The zero-order valence-electron chi connectivity index (χ0n) is 18.9. The largest absolute Gasteiger partial charge is 0.471 e. The molecule has 0 spiro atoms. The minimum absolute atomic E-state index is 0.000265. The molecule has 0 aromatic rings. The van der Waals surface area contributed by atoms with Crippen LogP contribution in [0.3, 0.4) is 0 Å². The number of rotatable bonds is 2. The highest BCUT2D eigenvalue weighted by Crippen LogP contribution is 2.65. The standard InChI is InChI=1S/C24H30F3NO4/c1-13(29)32-19-12-18-16-6-5-14-11-15(30)7-9-22(14,2)17(16)8-10-23(18,3)20(19)28(4)21(31)24(25,26)27/h7,9,11,16-20H,5-6,8,10,12H2,1-4H3/t16-,17+,18+,19-,20+,22+,23+/m1/s1. The maximum absolute atomic E-state index is 13.3. The molecule has 0 bridgehead atoms. The van der Waals surface area contributed by atoms with E-state index in [4.69, 9.17) is 4.74 Å². The topological polar surface area (TPSA) is 63.7 Å². The monoisotopic (exact) mass is 453 g/mol. The van der Waals surface area contributed by atoms with E-state index in [0.717, 1.165) is 29.7 Å². The number of alkyl halides is 3. The molecule has 8 heteroatoms. The maximum Gasteiger partial charge on any atom is 0.471 e. The SMILES string of the molecule is CC(=O)O[C@@H]1C[C@H]2[C@@H]3CCC4=CC(=O)C=C[C@]4(C)[C@H]3CC[C@]2(C)[C@H]1N(C)C(=O)C(F)(F)F. The zero-order valence-corrected chi connectivity index (χ0v) is 18.9. The average Bonchev–Trinajstić information content (AvgIpc) is 2.97. The Bertz CT molecular complexity index is 909. The van der Waals surface area contributed by atoms with Gasteiger partial charge in [-0.2, -0.15) is 13.2 Å². The summed E-state index contributed by atoms with van der Waals surface area (Å²) in [5, 5.41) is 0. The van der Waals surface area contributed by atoms with Gasteiger partial charge in [0, 0.05) is 19.4 Å². The van der Waals surface area contributed by atoms with E-state index in [-0.39, 0.29) is 29.0 Å². The van der Waals surface area contributed by atoms with E-state index in [1.165, 1.54) is 14.0 Å². The first-order chi connectivity index (χ1) is 14.8. The van der Waals surface area contributed by atoms with Gasteiger partial charge in [0.1, 0.15) is 6.10 Å². The van der Waals surface area contributed by atoms with Gasteiger partial charge in [-0.25, -0.2) is 0 Å². The van der Waals surface area contributed by atoms with Crippen molar-refractivity contribution in [2.75, 3.05) is 7.05 Å². The normalized spacial score (nSPS) is 40.7. The Labute approximate surface area is 186 Å². The summed E-state index contributed by atoms with van der Waals surface area (Å²) >= 11 is 0. The van der Waals surface area contributed by atoms with Crippen LogP contribution < -0.4 is 0 Å². The highest BCUT2D eigenvalue weighted by molar-refractivity contribution is 6.01. The number of hydrogen-bond acceptors (Lipinski definition) is 4. The van der Waals surface area contributed by atoms with Crippen molar-refractivity contribution in [1.82, 2.24) is 4.90 Å². The Kier molecular flexibility index (Phi) is 5.37. The van der Waals surface area contributed by atoms with Gasteiger partial charge >= 0.3 is 18.1 Å². The highest BCUT2D eigenvalue weighted by Gasteiger charge is 2.64. The van der Waals surface area contributed by atoms with Crippen LogP contribution in [0.2, 0.25) is 0 Å². The molecular formula is C24H30F3NO4. The third-order valence-electron chi connectivity index (χ3n) is 8.81. The molecule has 4 aliphatic rings. The molecule has 0 heterocycles. The summed E-state index contributed by atoms with van der Waals surface area (Å²) in [6, 6.07) is -0.834.